The van der Waals surface area contributed by atoms with E-state index in [0.29, 0.717) is 4.47 Å². The van der Waals surface area contributed by atoms with Gasteiger partial charge in [0.1, 0.15) is 17.7 Å². The van der Waals surface area contributed by atoms with E-state index in [-0.39, 0.29) is 24.4 Å². The third kappa shape index (κ3) is 4.84. The van der Waals surface area contributed by atoms with Gasteiger partial charge in [-0.15, -0.1) is 0 Å². The molecule has 0 bridgehead atoms. The molecule has 1 fully saturated rings. The maximum Gasteiger partial charge on any atom is 0.411 e. The van der Waals surface area contributed by atoms with Crippen LogP contribution >= 0.6 is 15.9 Å². The number of hydrogen-bond acceptors (Lipinski definition) is 6. The molecule has 1 heterocycles. The third-order valence-electron chi connectivity index (χ3n) is 3.59. The quantitative estimate of drug-likeness (QED) is 0.574. The molecule has 2 rings (SSSR count). The molecule has 1 aromatic carbocycles. The fourth-order valence-electron chi connectivity index (χ4n) is 2.55. The van der Waals surface area contributed by atoms with Crippen LogP contribution in [0, 0.1) is 10.1 Å². The monoisotopic (exact) mass is 430 g/mol. The zero-order valence-electron chi connectivity index (χ0n) is 14.5. The SMILES string of the molecule is CC(C)(C)OC(=O)N1C[C@@H](Oc2ccc(Br)cc2[N+](=O)[O-])C[C@H]1C(=O)O. The van der Waals surface area contributed by atoms with Crippen LogP contribution in [0.25, 0.3) is 0 Å². The van der Waals surface area contributed by atoms with Crippen molar-refractivity contribution in [3.8, 4) is 5.75 Å². The van der Waals surface area contributed by atoms with Crippen LogP contribution < -0.4 is 4.74 Å². The van der Waals surface area contributed by atoms with Gasteiger partial charge < -0.3 is 14.6 Å². The van der Waals surface area contributed by atoms with Crippen molar-refractivity contribution in [2.45, 2.75) is 44.9 Å². The molecule has 10 heteroatoms. The molecule has 142 valence electrons. The first-order valence-electron chi connectivity index (χ1n) is 7.81. The Morgan fingerprint density at radius 1 is 1.38 bits per heavy atom. The van der Waals surface area contributed by atoms with Crippen LogP contribution in [-0.4, -0.2) is 51.3 Å². The number of halogens is 1. The first-order chi connectivity index (χ1) is 12.0. The van der Waals surface area contributed by atoms with Crippen LogP contribution in [0.5, 0.6) is 5.75 Å². The number of benzene rings is 1. The molecule has 1 aliphatic rings. The number of rotatable bonds is 4. The first-order valence-corrected chi connectivity index (χ1v) is 8.60. The normalized spacial score (nSPS) is 19.9. The Hall–Kier alpha value is -2.36. The van der Waals surface area contributed by atoms with Crippen LogP contribution in [0.15, 0.2) is 22.7 Å². The molecule has 1 saturated heterocycles. The fraction of sp³-hybridized carbons (Fsp3) is 0.500. The molecule has 1 amide bonds. The average molecular weight is 431 g/mol. The number of nitro groups is 1. The van der Waals surface area contributed by atoms with Crippen LogP contribution in [0.2, 0.25) is 0 Å². The molecule has 9 nitrogen and oxygen atoms in total. The number of carboxylic acids is 1. The van der Waals surface area contributed by atoms with Crippen molar-refractivity contribution in [1.82, 2.24) is 4.90 Å². The van der Waals surface area contributed by atoms with Gasteiger partial charge in [0, 0.05) is 17.0 Å². The van der Waals surface area contributed by atoms with E-state index in [9.17, 15) is 24.8 Å². The molecular formula is C16H19BrN2O7. The van der Waals surface area contributed by atoms with Gasteiger partial charge in [0.25, 0.3) is 0 Å². The minimum absolute atomic E-state index is 0.00178. The number of nitrogens with zero attached hydrogens (tertiary/aromatic N) is 2. The predicted molar refractivity (Wildman–Crippen MR) is 94.2 cm³/mol. The summed E-state index contributed by atoms with van der Waals surface area (Å²) in [6, 6.07) is 3.18. The van der Waals surface area contributed by atoms with Crippen molar-refractivity contribution in [2.75, 3.05) is 6.54 Å². The van der Waals surface area contributed by atoms with E-state index in [2.05, 4.69) is 15.9 Å². The van der Waals surface area contributed by atoms with Crippen molar-refractivity contribution >= 4 is 33.7 Å². The lowest BCUT2D eigenvalue weighted by Gasteiger charge is -2.26. The summed E-state index contributed by atoms with van der Waals surface area (Å²) in [5.41, 5.74) is -1.02. The van der Waals surface area contributed by atoms with Crippen LogP contribution in [0.1, 0.15) is 27.2 Å². The van der Waals surface area contributed by atoms with Gasteiger partial charge in [0.05, 0.1) is 11.5 Å². The van der Waals surface area contributed by atoms with E-state index in [1.165, 1.54) is 12.1 Å². The Balaban J connectivity index is 2.19. The third-order valence-corrected chi connectivity index (χ3v) is 4.08. The number of amides is 1. The van der Waals surface area contributed by atoms with E-state index >= 15 is 0 Å². The maximum atomic E-state index is 12.3. The van der Waals surface area contributed by atoms with Gasteiger partial charge in [0.15, 0.2) is 5.75 Å². The molecule has 1 aliphatic heterocycles. The summed E-state index contributed by atoms with van der Waals surface area (Å²) in [6.45, 7) is 4.99. The Morgan fingerprint density at radius 2 is 2.04 bits per heavy atom. The summed E-state index contributed by atoms with van der Waals surface area (Å²) in [7, 11) is 0. The molecule has 0 aromatic heterocycles. The molecule has 1 N–H and O–H groups in total. The molecule has 2 atom stereocenters. The topological polar surface area (TPSA) is 119 Å². The highest BCUT2D eigenvalue weighted by Crippen LogP contribution is 2.33. The number of carbonyl (C=O) groups excluding carboxylic acids is 1. The summed E-state index contributed by atoms with van der Waals surface area (Å²) in [5, 5.41) is 20.6. The van der Waals surface area contributed by atoms with Crippen molar-refractivity contribution in [1.29, 1.82) is 0 Å². The minimum atomic E-state index is -1.19. The lowest BCUT2D eigenvalue weighted by atomic mass is 10.2. The smallest absolute Gasteiger partial charge is 0.411 e. The van der Waals surface area contributed by atoms with Gasteiger partial charge in [-0.25, -0.2) is 9.59 Å². The van der Waals surface area contributed by atoms with Crippen LogP contribution in [0.3, 0.4) is 0 Å². The molecule has 0 radical (unpaired) electrons. The average Bonchev–Trinajstić information content (AvgIpc) is 2.91. The number of nitro benzene ring substituents is 1. The fourth-order valence-corrected chi connectivity index (χ4v) is 2.90. The highest BCUT2D eigenvalue weighted by atomic mass is 79.9. The van der Waals surface area contributed by atoms with Crippen LogP contribution in [-0.2, 0) is 9.53 Å². The zero-order valence-corrected chi connectivity index (χ0v) is 16.1. The number of carbonyl (C=O) groups is 2. The largest absolute Gasteiger partial charge is 0.482 e. The van der Waals surface area contributed by atoms with E-state index in [1.807, 2.05) is 0 Å². The number of carboxylic acid groups (broad SMARTS) is 1. The summed E-state index contributed by atoms with van der Waals surface area (Å²) in [6.07, 6.45) is -1.47. The molecule has 26 heavy (non-hydrogen) atoms. The summed E-state index contributed by atoms with van der Waals surface area (Å²) in [5.74, 6) is -1.18. The zero-order chi connectivity index (χ0) is 19.6. The summed E-state index contributed by atoms with van der Waals surface area (Å²) >= 11 is 3.16. The van der Waals surface area contributed by atoms with E-state index in [0.717, 1.165) is 4.90 Å². The second kappa shape index (κ2) is 7.48. The molecule has 1 aromatic rings. The van der Waals surface area contributed by atoms with Gasteiger partial charge in [-0.2, -0.15) is 0 Å². The highest BCUT2D eigenvalue weighted by Gasteiger charge is 2.43. The standard InChI is InChI=1S/C16H19BrN2O7/c1-16(2,3)26-15(22)18-8-10(7-12(18)14(20)21)25-13-5-4-9(17)6-11(13)19(23)24/h4-6,10,12H,7-8H2,1-3H3,(H,20,21)/t10-,12-/m0/s1. The van der Waals surface area contributed by atoms with Crippen LogP contribution in [0.4, 0.5) is 10.5 Å². The van der Waals surface area contributed by atoms with Crippen molar-refractivity contribution < 1.29 is 29.1 Å². The number of aliphatic carboxylic acids is 1. The molecule has 0 aliphatic carbocycles. The lowest BCUT2D eigenvalue weighted by molar-refractivity contribution is -0.386. The number of ether oxygens (including phenoxy) is 2. The second-order valence-electron chi connectivity index (χ2n) is 6.83. The van der Waals surface area contributed by atoms with Gasteiger partial charge in [0.2, 0.25) is 0 Å². The number of hydrogen-bond donors (Lipinski definition) is 1. The Labute approximate surface area is 158 Å². The summed E-state index contributed by atoms with van der Waals surface area (Å²) < 4.78 is 11.4. The van der Waals surface area contributed by atoms with Gasteiger partial charge >= 0.3 is 17.7 Å². The lowest BCUT2D eigenvalue weighted by Crippen LogP contribution is -2.43. The summed E-state index contributed by atoms with van der Waals surface area (Å²) in [4.78, 5) is 35.4. The van der Waals surface area contributed by atoms with E-state index in [1.54, 1.807) is 26.8 Å². The Kier molecular flexibility index (Phi) is 5.74. The van der Waals surface area contributed by atoms with Gasteiger partial charge in [-0.05, 0) is 32.9 Å². The van der Waals surface area contributed by atoms with E-state index < -0.39 is 34.7 Å². The van der Waals surface area contributed by atoms with Gasteiger partial charge in [-0.1, -0.05) is 15.9 Å². The maximum absolute atomic E-state index is 12.3. The molecule has 0 spiro atoms. The second-order valence-corrected chi connectivity index (χ2v) is 7.75. The first kappa shape index (κ1) is 20.0. The highest BCUT2D eigenvalue weighted by molar-refractivity contribution is 9.10. The number of likely N-dealkylation sites (tertiary alicyclic amines) is 1. The minimum Gasteiger partial charge on any atom is -0.482 e. The van der Waals surface area contributed by atoms with Crippen molar-refractivity contribution in [2.24, 2.45) is 0 Å². The van der Waals surface area contributed by atoms with E-state index in [4.69, 9.17) is 9.47 Å². The molecule has 0 saturated carbocycles. The molecular weight excluding hydrogens is 412 g/mol. The van der Waals surface area contributed by atoms with Crippen molar-refractivity contribution in [3.63, 3.8) is 0 Å². The van der Waals surface area contributed by atoms with Crippen molar-refractivity contribution in [3.05, 3.63) is 32.8 Å². The van der Waals surface area contributed by atoms with Gasteiger partial charge in [-0.3, -0.25) is 15.0 Å². The Morgan fingerprint density at radius 3 is 2.58 bits per heavy atom. The predicted octanol–water partition coefficient (Wildman–Crippen LogP) is 3.20. The Bertz CT molecular complexity index is 732. The molecule has 0 unspecified atom stereocenters.